The van der Waals surface area contributed by atoms with Crippen molar-refractivity contribution in [2.24, 2.45) is 0 Å². The van der Waals surface area contributed by atoms with Gasteiger partial charge in [0.2, 0.25) is 0 Å². The summed E-state index contributed by atoms with van der Waals surface area (Å²) in [4.78, 5) is 27.0. The second kappa shape index (κ2) is 8.01. The van der Waals surface area contributed by atoms with Crippen LogP contribution in [0.15, 0.2) is 60.2 Å². The molecule has 0 aliphatic rings. The number of carbonyl (C=O) groups excluding carboxylic acids is 2. The Morgan fingerprint density at radius 2 is 1.81 bits per heavy atom. The first-order chi connectivity index (χ1) is 12.5. The van der Waals surface area contributed by atoms with E-state index in [4.69, 9.17) is 4.74 Å². The van der Waals surface area contributed by atoms with Crippen molar-refractivity contribution >= 4 is 23.2 Å². The molecule has 2 aromatic heterocycles. The van der Waals surface area contributed by atoms with Crippen molar-refractivity contribution in [1.29, 1.82) is 0 Å². The number of carbonyl (C=O) groups is 2. The first kappa shape index (κ1) is 17.9. The van der Waals surface area contributed by atoms with Gasteiger partial charge in [-0.15, -0.1) is 11.3 Å². The number of likely N-dealkylation sites (N-methyl/N-ethyl adjacent to an activating group) is 1. The third kappa shape index (κ3) is 4.21. The van der Waals surface area contributed by atoms with Crippen LogP contribution in [-0.4, -0.2) is 35.0 Å². The van der Waals surface area contributed by atoms with Crippen molar-refractivity contribution in [3.05, 3.63) is 76.2 Å². The summed E-state index contributed by atoms with van der Waals surface area (Å²) in [5.74, 6) is -0.728. The Hall–Kier alpha value is -2.86. The smallest absolute Gasteiger partial charge is 0.338 e. The molecular formula is C20H20N2O3S. The van der Waals surface area contributed by atoms with E-state index in [1.165, 1.54) is 0 Å². The van der Waals surface area contributed by atoms with Gasteiger partial charge in [0.15, 0.2) is 6.61 Å². The first-order valence-corrected chi connectivity index (χ1v) is 9.10. The fraction of sp³-hybridized carbons (Fsp3) is 0.200. The second-order valence-electron chi connectivity index (χ2n) is 5.99. The van der Waals surface area contributed by atoms with E-state index in [0.29, 0.717) is 12.1 Å². The molecule has 2 heterocycles. The summed E-state index contributed by atoms with van der Waals surface area (Å²) >= 11 is 1.61. The molecule has 134 valence electrons. The molecule has 1 aromatic carbocycles. The fourth-order valence-corrected chi connectivity index (χ4v) is 3.43. The van der Waals surface area contributed by atoms with Crippen molar-refractivity contribution < 1.29 is 14.3 Å². The van der Waals surface area contributed by atoms with Gasteiger partial charge in [0.05, 0.1) is 12.1 Å². The van der Waals surface area contributed by atoms with Crippen LogP contribution in [0.5, 0.6) is 0 Å². The summed E-state index contributed by atoms with van der Waals surface area (Å²) < 4.78 is 7.10. The lowest BCUT2D eigenvalue weighted by Crippen LogP contribution is -2.30. The average molecular weight is 368 g/mol. The third-order valence-electron chi connectivity index (χ3n) is 4.11. The lowest BCUT2D eigenvalue weighted by Gasteiger charge is -2.16. The molecule has 0 saturated heterocycles. The lowest BCUT2D eigenvalue weighted by atomic mass is 10.2. The van der Waals surface area contributed by atoms with Gasteiger partial charge in [0.1, 0.15) is 0 Å². The fourth-order valence-electron chi connectivity index (χ4n) is 2.47. The molecule has 0 aliphatic carbocycles. The maximum atomic E-state index is 12.2. The highest BCUT2D eigenvalue weighted by atomic mass is 32.1. The molecule has 3 aromatic rings. The molecule has 0 fully saturated rings. The Morgan fingerprint density at radius 3 is 2.42 bits per heavy atom. The number of amides is 1. The minimum Gasteiger partial charge on any atom is -0.452 e. The minimum absolute atomic E-state index is 0.227. The van der Waals surface area contributed by atoms with Crippen LogP contribution < -0.4 is 0 Å². The van der Waals surface area contributed by atoms with Crippen LogP contribution in [0.2, 0.25) is 0 Å². The van der Waals surface area contributed by atoms with Crippen LogP contribution in [0.3, 0.4) is 0 Å². The van der Waals surface area contributed by atoms with Gasteiger partial charge in [-0.3, -0.25) is 4.79 Å². The van der Waals surface area contributed by atoms with Gasteiger partial charge in [0.25, 0.3) is 5.91 Å². The van der Waals surface area contributed by atoms with Gasteiger partial charge < -0.3 is 14.2 Å². The zero-order valence-corrected chi connectivity index (χ0v) is 15.5. The largest absolute Gasteiger partial charge is 0.452 e. The van der Waals surface area contributed by atoms with Gasteiger partial charge in [-0.05, 0) is 60.3 Å². The van der Waals surface area contributed by atoms with Crippen LogP contribution in [-0.2, 0) is 16.1 Å². The molecule has 0 bridgehead atoms. The number of aromatic nitrogens is 1. The molecule has 5 nitrogen and oxygen atoms in total. The molecule has 6 heteroatoms. The van der Waals surface area contributed by atoms with Gasteiger partial charge in [-0.25, -0.2) is 4.79 Å². The number of nitrogens with zero attached hydrogens (tertiary/aromatic N) is 2. The molecule has 1 amide bonds. The summed E-state index contributed by atoms with van der Waals surface area (Å²) in [7, 11) is 1.71. The number of aryl methyl sites for hydroxylation is 1. The predicted molar refractivity (Wildman–Crippen MR) is 102 cm³/mol. The van der Waals surface area contributed by atoms with Crippen molar-refractivity contribution in [1.82, 2.24) is 9.47 Å². The van der Waals surface area contributed by atoms with E-state index >= 15 is 0 Å². The van der Waals surface area contributed by atoms with E-state index in [0.717, 1.165) is 16.1 Å². The second-order valence-corrected chi connectivity index (χ2v) is 6.99. The number of hydrogen-bond acceptors (Lipinski definition) is 4. The highest BCUT2D eigenvalue weighted by Gasteiger charge is 2.15. The van der Waals surface area contributed by atoms with E-state index in [-0.39, 0.29) is 12.5 Å². The number of thiophene rings is 1. The van der Waals surface area contributed by atoms with Gasteiger partial charge in [-0.2, -0.15) is 0 Å². The monoisotopic (exact) mass is 368 g/mol. The Balaban J connectivity index is 1.53. The van der Waals surface area contributed by atoms with E-state index in [1.807, 2.05) is 59.6 Å². The van der Waals surface area contributed by atoms with Gasteiger partial charge in [-0.1, -0.05) is 0 Å². The predicted octanol–water partition coefficient (Wildman–Crippen LogP) is 3.66. The highest BCUT2D eigenvalue weighted by molar-refractivity contribution is 7.10. The number of esters is 1. The topological polar surface area (TPSA) is 51.5 Å². The summed E-state index contributed by atoms with van der Waals surface area (Å²) in [6, 6.07) is 13.0. The molecule has 3 rings (SSSR count). The minimum atomic E-state index is -0.502. The summed E-state index contributed by atoms with van der Waals surface area (Å²) in [5, 5.41) is 2.00. The van der Waals surface area contributed by atoms with Crippen LogP contribution in [0.4, 0.5) is 0 Å². The first-order valence-electron chi connectivity index (χ1n) is 8.22. The van der Waals surface area contributed by atoms with Crippen molar-refractivity contribution in [3.63, 3.8) is 0 Å². The van der Waals surface area contributed by atoms with E-state index in [9.17, 15) is 9.59 Å². The Morgan fingerprint density at radius 1 is 1.12 bits per heavy atom. The summed E-state index contributed by atoms with van der Waals surface area (Å²) in [5.41, 5.74) is 2.54. The van der Waals surface area contributed by atoms with Crippen LogP contribution in [0, 0.1) is 6.92 Å². The summed E-state index contributed by atoms with van der Waals surface area (Å²) in [6.07, 6.45) is 3.86. The molecular weight excluding hydrogens is 348 g/mol. The molecule has 0 aliphatic heterocycles. The Kier molecular flexibility index (Phi) is 5.53. The van der Waals surface area contributed by atoms with Crippen LogP contribution in [0.1, 0.15) is 20.8 Å². The van der Waals surface area contributed by atoms with Crippen LogP contribution in [0.25, 0.3) is 5.69 Å². The number of ether oxygens (including phenoxy) is 1. The third-order valence-corrected chi connectivity index (χ3v) is 5.11. The maximum Gasteiger partial charge on any atom is 0.338 e. The molecule has 0 radical (unpaired) electrons. The summed E-state index contributed by atoms with van der Waals surface area (Å²) in [6.45, 7) is 2.27. The molecule has 0 unspecified atom stereocenters. The molecule has 0 spiro atoms. The van der Waals surface area contributed by atoms with Crippen molar-refractivity contribution in [3.8, 4) is 5.69 Å². The maximum absolute atomic E-state index is 12.2. The van der Waals surface area contributed by atoms with Crippen LogP contribution >= 0.6 is 11.3 Å². The molecule has 0 atom stereocenters. The average Bonchev–Trinajstić information content (AvgIpc) is 3.32. The lowest BCUT2D eigenvalue weighted by molar-refractivity contribution is -0.133. The quantitative estimate of drug-likeness (QED) is 0.624. The number of hydrogen-bond donors (Lipinski definition) is 0. The van der Waals surface area contributed by atoms with Gasteiger partial charge >= 0.3 is 5.97 Å². The van der Waals surface area contributed by atoms with E-state index in [1.54, 1.807) is 35.4 Å². The number of benzene rings is 1. The highest BCUT2D eigenvalue weighted by Crippen LogP contribution is 2.17. The SMILES string of the molecule is Cc1ccsc1CN(C)C(=O)COC(=O)c1ccc(-n2cccc2)cc1. The van der Waals surface area contributed by atoms with E-state index in [2.05, 4.69) is 0 Å². The van der Waals surface area contributed by atoms with Gasteiger partial charge in [0, 0.05) is 30.0 Å². The molecule has 26 heavy (non-hydrogen) atoms. The van der Waals surface area contributed by atoms with Crippen molar-refractivity contribution in [2.75, 3.05) is 13.7 Å². The zero-order chi connectivity index (χ0) is 18.5. The zero-order valence-electron chi connectivity index (χ0n) is 14.7. The Bertz CT molecular complexity index is 882. The van der Waals surface area contributed by atoms with Crippen molar-refractivity contribution in [2.45, 2.75) is 13.5 Å². The standard InChI is InChI=1S/C20H20N2O3S/c1-15-9-12-26-18(15)13-21(2)19(23)14-25-20(24)16-5-7-17(8-6-16)22-10-3-4-11-22/h3-12H,13-14H2,1-2H3. The number of rotatable bonds is 6. The van der Waals surface area contributed by atoms with E-state index < -0.39 is 5.97 Å². The molecule has 0 saturated carbocycles. The molecule has 0 N–H and O–H groups in total. The normalized spacial score (nSPS) is 10.5. The Labute approximate surface area is 156 Å².